The molecule has 2 aromatic rings. The van der Waals surface area contributed by atoms with Crippen molar-refractivity contribution in [2.24, 2.45) is 0 Å². The van der Waals surface area contributed by atoms with Crippen LogP contribution in [0.15, 0.2) is 41.3 Å². The molecular formula is C14H7F8NO2S. The van der Waals surface area contributed by atoms with Gasteiger partial charge in [0.05, 0.1) is 21.7 Å². The van der Waals surface area contributed by atoms with Gasteiger partial charge in [0.1, 0.15) is 11.6 Å². The van der Waals surface area contributed by atoms with Gasteiger partial charge in [0.2, 0.25) is 0 Å². The summed E-state index contributed by atoms with van der Waals surface area (Å²) in [5.74, 6) is -2.41. The highest BCUT2D eigenvalue weighted by atomic mass is 32.2. The van der Waals surface area contributed by atoms with Gasteiger partial charge in [-0.1, -0.05) is 0 Å². The number of benzene rings is 2. The van der Waals surface area contributed by atoms with E-state index < -0.39 is 55.7 Å². The molecule has 0 aliphatic rings. The highest BCUT2D eigenvalue weighted by Crippen LogP contribution is 2.37. The smallest absolute Gasteiger partial charge is 0.279 e. The van der Waals surface area contributed by atoms with Gasteiger partial charge in [-0.3, -0.25) is 4.72 Å². The first-order valence-electron chi connectivity index (χ1n) is 6.47. The minimum atomic E-state index is -5.25. The fraction of sp³-hybridized carbons (Fsp3) is 0.143. The summed E-state index contributed by atoms with van der Waals surface area (Å²) in [5, 5.41) is 0. The zero-order valence-corrected chi connectivity index (χ0v) is 13.0. The largest absolute Gasteiger partial charge is 0.416 e. The van der Waals surface area contributed by atoms with Crippen molar-refractivity contribution in [2.45, 2.75) is 17.2 Å². The molecule has 12 heteroatoms. The first-order chi connectivity index (χ1) is 11.7. The van der Waals surface area contributed by atoms with Gasteiger partial charge in [-0.25, -0.2) is 17.2 Å². The lowest BCUT2D eigenvalue weighted by Crippen LogP contribution is -2.17. The Labute approximate surface area is 141 Å². The molecule has 0 spiro atoms. The molecule has 0 heterocycles. The van der Waals surface area contributed by atoms with Gasteiger partial charge in [0, 0.05) is 6.07 Å². The van der Waals surface area contributed by atoms with Crippen LogP contribution in [0.5, 0.6) is 0 Å². The molecule has 0 amide bonds. The van der Waals surface area contributed by atoms with E-state index in [1.54, 1.807) is 0 Å². The Morgan fingerprint density at radius 2 is 1.12 bits per heavy atom. The van der Waals surface area contributed by atoms with Crippen LogP contribution in [0.2, 0.25) is 0 Å². The average Bonchev–Trinajstić information content (AvgIpc) is 2.43. The molecule has 0 saturated heterocycles. The summed E-state index contributed by atoms with van der Waals surface area (Å²) >= 11 is 0. The Kier molecular flexibility index (Phi) is 4.92. The van der Waals surface area contributed by atoms with Crippen molar-refractivity contribution < 1.29 is 43.5 Å². The van der Waals surface area contributed by atoms with Crippen molar-refractivity contribution in [3.05, 3.63) is 59.2 Å². The number of rotatable bonds is 3. The van der Waals surface area contributed by atoms with Crippen molar-refractivity contribution in [1.82, 2.24) is 0 Å². The molecule has 0 fully saturated rings. The van der Waals surface area contributed by atoms with Crippen LogP contribution in [-0.4, -0.2) is 8.42 Å². The molecule has 0 atom stereocenters. The average molecular weight is 405 g/mol. The number of anilines is 1. The molecular weight excluding hydrogens is 398 g/mol. The van der Waals surface area contributed by atoms with E-state index in [1.165, 1.54) is 4.72 Å². The van der Waals surface area contributed by atoms with Crippen LogP contribution in [0.3, 0.4) is 0 Å². The quantitative estimate of drug-likeness (QED) is 0.746. The van der Waals surface area contributed by atoms with Crippen LogP contribution >= 0.6 is 0 Å². The highest BCUT2D eigenvalue weighted by Gasteiger charge is 2.38. The van der Waals surface area contributed by atoms with E-state index in [-0.39, 0.29) is 18.2 Å². The van der Waals surface area contributed by atoms with E-state index in [9.17, 15) is 43.5 Å². The van der Waals surface area contributed by atoms with E-state index in [0.717, 1.165) is 0 Å². The van der Waals surface area contributed by atoms with E-state index in [1.807, 2.05) is 0 Å². The summed E-state index contributed by atoms with van der Waals surface area (Å²) in [7, 11) is -5.00. The van der Waals surface area contributed by atoms with E-state index in [0.29, 0.717) is 18.2 Å². The summed E-state index contributed by atoms with van der Waals surface area (Å²) in [6.07, 6.45) is -10.5. The molecule has 0 bridgehead atoms. The van der Waals surface area contributed by atoms with Crippen molar-refractivity contribution in [3.8, 4) is 0 Å². The van der Waals surface area contributed by atoms with Crippen LogP contribution in [0.1, 0.15) is 11.1 Å². The first kappa shape index (κ1) is 19.9. The van der Waals surface area contributed by atoms with Gasteiger partial charge in [-0.05, 0) is 30.3 Å². The van der Waals surface area contributed by atoms with Crippen molar-refractivity contribution in [3.63, 3.8) is 0 Å². The maximum atomic E-state index is 13.1. The molecule has 26 heavy (non-hydrogen) atoms. The standard InChI is InChI=1S/C14H7F8NO2S/c15-9-4-10(16)6-11(5-9)23-26(24,25)12-2-7(13(17,18)19)1-8(3-12)14(20,21)22/h1-6,23H. The fourth-order valence-corrected chi connectivity index (χ4v) is 3.02. The molecule has 0 aliphatic heterocycles. The highest BCUT2D eigenvalue weighted by molar-refractivity contribution is 7.92. The number of hydrogen-bond acceptors (Lipinski definition) is 2. The van der Waals surface area contributed by atoms with E-state index in [2.05, 4.69) is 0 Å². The lowest BCUT2D eigenvalue weighted by Gasteiger charge is -2.15. The summed E-state index contributed by atoms with van der Waals surface area (Å²) in [6.45, 7) is 0. The zero-order valence-electron chi connectivity index (χ0n) is 12.2. The fourth-order valence-electron chi connectivity index (χ4n) is 1.91. The number of sulfonamides is 1. The van der Waals surface area contributed by atoms with Gasteiger partial charge in [-0.15, -0.1) is 0 Å². The number of hydrogen-bond donors (Lipinski definition) is 1. The Bertz CT molecular complexity index is 882. The second-order valence-electron chi connectivity index (χ2n) is 5.01. The third kappa shape index (κ3) is 4.62. The number of halogens is 8. The van der Waals surface area contributed by atoms with Crippen LogP contribution < -0.4 is 4.72 Å². The van der Waals surface area contributed by atoms with Crippen LogP contribution in [-0.2, 0) is 22.4 Å². The third-order valence-electron chi connectivity index (χ3n) is 2.99. The topological polar surface area (TPSA) is 46.2 Å². The first-order valence-corrected chi connectivity index (χ1v) is 7.95. The zero-order chi connectivity index (χ0) is 19.9. The molecule has 2 rings (SSSR count). The van der Waals surface area contributed by atoms with Gasteiger partial charge in [0.25, 0.3) is 10.0 Å². The monoisotopic (exact) mass is 405 g/mol. The predicted octanol–water partition coefficient (Wildman–Crippen LogP) is 4.80. The molecule has 142 valence electrons. The minimum absolute atomic E-state index is 0.0206. The second-order valence-corrected chi connectivity index (χ2v) is 6.69. The Morgan fingerprint density at radius 1 is 0.692 bits per heavy atom. The lowest BCUT2D eigenvalue weighted by atomic mass is 10.1. The van der Waals surface area contributed by atoms with Gasteiger partial charge < -0.3 is 0 Å². The Hall–Kier alpha value is -2.37. The minimum Gasteiger partial charge on any atom is -0.279 e. The van der Waals surface area contributed by atoms with Gasteiger partial charge in [0.15, 0.2) is 0 Å². The normalized spacial score (nSPS) is 12.9. The molecule has 2 aromatic carbocycles. The van der Waals surface area contributed by atoms with Crippen LogP contribution in [0.4, 0.5) is 40.8 Å². The molecule has 0 unspecified atom stereocenters. The molecule has 0 aliphatic carbocycles. The van der Waals surface area contributed by atoms with Crippen molar-refractivity contribution >= 4 is 15.7 Å². The Balaban J connectivity index is 2.57. The molecule has 0 radical (unpaired) electrons. The maximum absolute atomic E-state index is 13.1. The third-order valence-corrected chi connectivity index (χ3v) is 4.35. The molecule has 1 N–H and O–H groups in total. The predicted molar refractivity (Wildman–Crippen MR) is 73.6 cm³/mol. The number of nitrogens with one attached hydrogen (secondary N) is 1. The van der Waals surface area contributed by atoms with Gasteiger partial charge in [-0.2, -0.15) is 26.3 Å². The Morgan fingerprint density at radius 3 is 1.50 bits per heavy atom. The summed E-state index contributed by atoms with van der Waals surface area (Å²) in [5.41, 5.74) is -4.41. The van der Waals surface area contributed by atoms with E-state index in [4.69, 9.17) is 0 Å². The molecule has 3 nitrogen and oxygen atoms in total. The van der Waals surface area contributed by atoms with Crippen LogP contribution in [0, 0.1) is 11.6 Å². The second kappa shape index (κ2) is 6.41. The summed E-state index contributed by atoms with van der Waals surface area (Å²) < 4.78 is 129. The van der Waals surface area contributed by atoms with Crippen molar-refractivity contribution in [1.29, 1.82) is 0 Å². The van der Waals surface area contributed by atoms with Gasteiger partial charge >= 0.3 is 12.4 Å². The SMILES string of the molecule is O=S(=O)(Nc1cc(F)cc(F)c1)c1cc(C(F)(F)F)cc(C(F)(F)F)c1. The summed E-state index contributed by atoms with van der Waals surface area (Å²) in [6, 6.07) is 1.10. The lowest BCUT2D eigenvalue weighted by molar-refractivity contribution is -0.143. The molecule has 0 saturated carbocycles. The summed E-state index contributed by atoms with van der Waals surface area (Å²) in [4.78, 5) is -1.37. The van der Waals surface area contributed by atoms with Crippen LogP contribution in [0.25, 0.3) is 0 Å². The molecule has 0 aromatic heterocycles. The number of alkyl halides is 6. The van der Waals surface area contributed by atoms with E-state index >= 15 is 0 Å². The van der Waals surface area contributed by atoms with Crippen molar-refractivity contribution in [2.75, 3.05) is 4.72 Å². The maximum Gasteiger partial charge on any atom is 0.416 e.